The molecule has 10 heteroatoms. The van der Waals surface area contributed by atoms with Gasteiger partial charge < -0.3 is 0 Å². The van der Waals surface area contributed by atoms with Crippen LogP contribution in [-0.4, -0.2) is 36.2 Å². The molecule has 0 N–H and O–H groups in total. The van der Waals surface area contributed by atoms with Gasteiger partial charge in [0, 0.05) is 10.9 Å². The zero-order chi connectivity index (χ0) is 28.9. The molecule has 0 spiro atoms. The lowest BCUT2D eigenvalue weighted by Crippen LogP contribution is -2.36. The topological polar surface area (TPSA) is 85.4 Å². The van der Waals surface area contributed by atoms with Crippen LogP contribution in [0.4, 0.5) is 0 Å². The smallest absolute Gasteiger partial charge is 0.271 e. The van der Waals surface area contributed by atoms with Gasteiger partial charge in [0.05, 0.1) is 33.8 Å². The van der Waals surface area contributed by atoms with Crippen LogP contribution in [0.3, 0.4) is 0 Å². The molecule has 1 aliphatic rings. The highest BCUT2D eigenvalue weighted by molar-refractivity contribution is 9.10. The maximum Gasteiger partial charge on any atom is 0.293 e. The van der Waals surface area contributed by atoms with E-state index in [0.29, 0.717) is 23.0 Å². The van der Waals surface area contributed by atoms with Gasteiger partial charge in [0.15, 0.2) is 0 Å². The second-order valence-corrected chi connectivity index (χ2v) is 13.1. The molecule has 8 nitrogen and oxygen atoms in total. The van der Waals surface area contributed by atoms with Gasteiger partial charge in [0.1, 0.15) is 17.8 Å². The number of hydrogen-bond donors (Lipinski definition) is 0. The molecule has 1 aliphatic heterocycles. The van der Waals surface area contributed by atoms with Gasteiger partial charge in [-0.05, 0) is 62.4 Å². The predicted molar refractivity (Wildman–Crippen MR) is 166 cm³/mol. The highest BCUT2D eigenvalue weighted by atomic mass is 79.9. The van der Waals surface area contributed by atoms with Gasteiger partial charge in [-0.25, -0.2) is 9.69 Å². The third-order valence-corrected chi connectivity index (χ3v) is 8.57. The van der Waals surface area contributed by atoms with Gasteiger partial charge in [-0.3, -0.25) is 14.3 Å². The average molecular weight is 630 g/mol. The van der Waals surface area contributed by atoms with E-state index < -0.39 is 5.54 Å². The fourth-order valence-electron chi connectivity index (χ4n) is 5.09. The van der Waals surface area contributed by atoms with Crippen LogP contribution in [0.1, 0.15) is 49.9 Å². The minimum absolute atomic E-state index is 0.248. The Morgan fingerprint density at radius 1 is 1.07 bits per heavy atom. The Morgan fingerprint density at radius 3 is 2.46 bits per heavy atom. The normalized spacial score (nSPS) is 15.5. The van der Waals surface area contributed by atoms with E-state index in [0.717, 1.165) is 31.8 Å². The summed E-state index contributed by atoms with van der Waals surface area (Å²) < 4.78 is 3.96. The van der Waals surface area contributed by atoms with E-state index in [1.165, 1.54) is 21.0 Å². The first kappa shape index (κ1) is 27.3. The molecule has 208 valence electrons. The number of hydrogen-bond acceptors (Lipinski definition) is 6. The van der Waals surface area contributed by atoms with Crippen molar-refractivity contribution in [2.75, 3.05) is 0 Å². The summed E-state index contributed by atoms with van der Waals surface area (Å²) in [7, 11) is 0. The van der Waals surface area contributed by atoms with E-state index in [1.54, 1.807) is 10.9 Å². The van der Waals surface area contributed by atoms with Crippen LogP contribution in [0.25, 0.3) is 21.5 Å². The molecule has 41 heavy (non-hydrogen) atoms. The van der Waals surface area contributed by atoms with Crippen LogP contribution < -0.4 is 5.56 Å². The summed E-state index contributed by atoms with van der Waals surface area (Å²) in [6.07, 6.45) is 2.26. The molecule has 6 rings (SSSR count). The summed E-state index contributed by atoms with van der Waals surface area (Å²) >= 11 is 5.02. The number of aromatic nitrogens is 4. The highest BCUT2D eigenvalue weighted by Crippen LogP contribution is 2.34. The number of aryl methyl sites for hydroxylation is 1. The van der Waals surface area contributed by atoms with E-state index in [-0.39, 0.29) is 24.1 Å². The van der Waals surface area contributed by atoms with Crippen LogP contribution in [0.5, 0.6) is 0 Å². The van der Waals surface area contributed by atoms with Gasteiger partial charge in [-0.15, -0.1) is 11.3 Å². The van der Waals surface area contributed by atoms with E-state index in [1.807, 2.05) is 93.7 Å². The van der Waals surface area contributed by atoms with Crippen LogP contribution in [0, 0.1) is 6.92 Å². The molecule has 0 aliphatic carbocycles. The predicted octanol–water partition coefficient (Wildman–Crippen LogP) is 6.53. The first-order chi connectivity index (χ1) is 19.6. The van der Waals surface area contributed by atoms with Crippen molar-refractivity contribution in [3.05, 3.63) is 104 Å². The monoisotopic (exact) mass is 628 g/mol. The molecule has 0 fully saturated rings. The lowest BCUT2D eigenvalue weighted by atomic mass is 9.98. The van der Waals surface area contributed by atoms with Gasteiger partial charge in [0.25, 0.3) is 11.5 Å². The summed E-state index contributed by atoms with van der Waals surface area (Å²) in [4.78, 5) is 28.8. The van der Waals surface area contributed by atoms with Crippen molar-refractivity contribution in [2.45, 2.75) is 52.2 Å². The van der Waals surface area contributed by atoms with Gasteiger partial charge in [-0.1, -0.05) is 64.0 Å². The van der Waals surface area contributed by atoms with E-state index in [9.17, 15) is 9.59 Å². The molecule has 0 bridgehead atoms. The molecule has 1 amide bonds. The Morgan fingerprint density at radius 2 is 1.80 bits per heavy atom. The SMILES string of the molecule is Cc1ccc(C2CC(c3ccc(Br)cc3)=NN2C(=O)Cn2nc(-c3cccs3)c3cnn(C(C)(C)C)c3c2=O)cc1. The molecule has 3 aromatic heterocycles. The van der Waals surface area contributed by atoms with Gasteiger partial charge in [-0.2, -0.15) is 15.3 Å². The minimum atomic E-state index is -0.438. The number of nitrogens with zero attached hydrogens (tertiary/aromatic N) is 6. The molecule has 0 saturated carbocycles. The maximum absolute atomic E-state index is 14.0. The minimum Gasteiger partial charge on any atom is -0.271 e. The Kier molecular flexibility index (Phi) is 6.99. The first-order valence-corrected chi connectivity index (χ1v) is 15.0. The first-order valence-electron chi connectivity index (χ1n) is 13.4. The zero-order valence-corrected chi connectivity index (χ0v) is 25.6. The van der Waals surface area contributed by atoms with Crippen LogP contribution >= 0.6 is 27.3 Å². The molecule has 2 aromatic carbocycles. The van der Waals surface area contributed by atoms with E-state index in [2.05, 4.69) is 21.0 Å². The van der Waals surface area contributed by atoms with E-state index >= 15 is 0 Å². The standard InChI is InChI=1S/C31H29BrN6O2S/c1-19-7-9-21(10-8-19)25-16-24(20-11-13-22(32)14-12-20)34-37(25)27(39)18-36-30(40)29-23(17-33-38(29)31(2,3)4)28(35-36)26-6-5-15-41-26/h5-15,17,25H,16,18H2,1-4H3. The van der Waals surface area contributed by atoms with Crippen molar-refractivity contribution in [3.63, 3.8) is 0 Å². The quantitative estimate of drug-likeness (QED) is 0.222. The van der Waals surface area contributed by atoms with E-state index in [4.69, 9.17) is 10.2 Å². The lowest BCUT2D eigenvalue weighted by molar-refractivity contribution is -0.133. The molecule has 4 heterocycles. The molecule has 1 unspecified atom stereocenters. The largest absolute Gasteiger partial charge is 0.293 e. The van der Waals surface area contributed by atoms with Gasteiger partial charge in [0.2, 0.25) is 0 Å². The van der Waals surface area contributed by atoms with Crippen molar-refractivity contribution in [1.82, 2.24) is 24.6 Å². The fourth-order valence-corrected chi connectivity index (χ4v) is 6.07. The van der Waals surface area contributed by atoms with Crippen LogP contribution in [-0.2, 0) is 16.9 Å². The van der Waals surface area contributed by atoms with Crippen LogP contribution in [0.2, 0.25) is 0 Å². The highest BCUT2D eigenvalue weighted by Gasteiger charge is 2.34. The fraction of sp³-hybridized carbons (Fsp3) is 0.258. The second-order valence-electron chi connectivity index (χ2n) is 11.2. The number of fused-ring (bicyclic) bond motifs is 1. The Labute approximate surface area is 250 Å². The van der Waals surface area contributed by atoms with Crippen molar-refractivity contribution >= 4 is 49.8 Å². The average Bonchev–Trinajstić information content (AvgIpc) is 3.71. The van der Waals surface area contributed by atoms with Crippen molar-refractivity contribution in [1.29, 1.82) is 0 Å². The molecule has 0 saturated heterocycles. The molecular weight excluding hydrogens is 600 g/mol. The second kappa shape index (κ2) is 10.5. The Hall–Kier alpha value is -3.89. The summed E-state index contributed by atoms with van der Waals surface area (Å²) in [5.41, 5.74) is 4.16. The Balaban J connectivity index is 1.43. The summed E-state index contributed by atoms with van der Waals surface area (Å²) in [5.74, 6) is -0.310. The summed E-state index contributed by atoms with van der Waals surface area (Å²) in [6.45, 7) is 7.77. The van der Waals surface area contributed by atoms with Crippen molar-refractivity contribution in [2.24, 2.45) is 5.10 Å². The number of carbonyl (C=O) groups is 1. The Bertz CT molecular complexity index is 1830. The lowest BCUT2D eigenvalue weighted by Gasteiger charge is -2.23. The summed E-state index contributed by atoms with van der Waals surface area (Å²) in [6, 6.07) is 19.7. The van der Waals surface area contributed by atoms with Crippen molar-refractivity contribution in [3.8, 4) is 10.6 Å². The van der Waals surface area contributed by atoms with Crippen LogP contribution in [0.15, 0.2) is 86.6 Å². The number of carbonyl (C=O) groups excluding carboxylic acids is 1. The van der Waals surface area contributed by atoms with Gasteiger partial charge >= 0.3 is 0 Å². The maximum atomic E-state index is 14.0. The number of rotatable bonds is 5. The summed E-state index contributed by atoms with van der Waals surface area (Å²) in [5, 5.41) is 18.2. The number of hydrazone groups is 1. The number of benzene rings is 2. The third kappa shape index (κ3) is 5.17. The zero-order valence-electron chi connectivity index (χ0n) is 23.2. The number of halogens is 1. The number of thiophene rings is 1. The molecule has 5 aromatic rings. The molecule has 1 atom stereocenters. The molecule has 0 radical (unpaired) electrons. The van der Waals surface area contributed by atoms with Crippen molar-refractivity contribution < 1.29 is 4.79 Å². The third-order valence-electron chi connectivity index (χ3n) is 7.16. The number of amides is 1. The molecular formula is C31H29BrN6O2S.